The lowest BCUT2D eigenvalue weighted by molar-refractivity contribution is 0.00578. The molecule has 24 heavy (non-hydrogen) atoms. The standard InChI is InChI=1S/C18H20BClFNO2/c1-11-14(13-8-12(20)6-7-16(13)21)9-22-10-15(11)19-23-17(2,3)18(4,5)24-19/h6-10H,1-5H3. The summed E-state index contributed by atoms with van der Waals surface area (Å²) < 4.78 is 26.4. The zero-order chi connectivity index (χ0) is 17.7. The summed E-state index contributed by atoms with van der Waals surface area (Å²) >= 11 is 6.02. The van der Waals surface area contributed by atoms with Crippen molar-refractivity contribution in [3.05, 3.63) is 47.0 Å². The van der Waals surface area contributed by atoms with Gasteiger partial charge < -0.3 is 9.31 Å². The van der Waals surface area contributed by atoms with Crippen molar-refractivity contribution in [3.63, 3.8) is 0 Å². The lowest BCUT2D eigenvalue weighted by Gasteiger charge is -2.32. The quantitative estimate of drug-likeness (QED) is 0.765. The van der Waals surface area contributed by atoms with E-state index in [1.807, 2.05) is 34.6 Å². The van der Waals surface area contributed by atoms with Crippen molar-refractivity contribution in [3.8, 4) is 11.1 Å². The van der Waals surface area contributed by atoms with Gasteiger partial charge in [0.1, 0.15) is 5.82 Å². The molecule has 1 aliphatic heterocycles. The molecule has 126 valence electrons. The highest BCUT2D eigenvalue weighted by molar-refractivity contribution is 6.62. The largest absolute Gasteiger partial charge is 0.496 e. The fraction of sp³-hybridized carbons (Fsp3) is 0.389. The fourth-order valence-corrected chi connectivity index (χ4v) is 2.90. The van der Waals surface area contributed by atoms with E-state index in [0.29, 0.717) is 16.1 Å². The van der Waals surface area contributed by atoms with Gasteiger partial charge in [0.25, 0.3) is 0 Å². The van der Waals surface area contributed by atoms with Crippen molar-refractivity contribution >= 4 is 24.2 Å². The minimum absolute atomic E-state index is 0.338. The summed E-state index contributed by atoms with van der Waals surface area (Å²) in [7, 11) is -0.537. The van der Waals surface area contributed by atoms with Crippen molar-refractivity contribution in [1.29, 1.82) is 0 Å². The second kappa shape index (κ2) is 5.83. The number of hydrogen-bond acceptors (Lipinski definition) is 3. The van der Waals surface area contributed by atoms with Crippen molar-refractivity contribution in [2.75, 3.05) is 0 Å². The van der Waals surface area contributed by atoms with E-state index >= 15 is 0 Å². The van der Waals surface area contributed by atoms with Crippen LogP contribution >= 0.6 is 11.6 Å². The Kier molecular flexibility index (Phi) is 4.23. The molecule has 2 aromatic rings. The number of hydrogen-bond donors (Lipinski definition) is 0. The average Bonchev–Trinajstić information content (AvgIpc) is 2.70. The van der Waals surface area contributed by atoms with Gasteiger partial charge in [0.2, 0.25) is 0 Å². The van der Waals surface area contributed by atoms with Crippen LogP contribution in [-0.4, -0.2) is 23.3 Å². The molecule has 1 saturated heterocycles. The first-order valence-corrected chi connectivity index (χ1v) is 8.26. The Balaban J connectivity index is 2.06. The molecule has 0 saturated carbocycles. The average molecular weight is 348 g/mol. The molecule has 0 bridgehead atoms. The highest BCUT2D eigenvalue weighted by Gasteiger charge is 2.52. The first-order chi connectivity index (χ1) is 11.1. The maximum Gasteiger partial charge on any atom is 0.496 e. The first kappa shape index (κ1) is 17.4. The van der Waals surface area contributed by atoms with Crippen molar-refractivity contribution in [1.82, 2.24) is 4.98 Å². The minimum Gasteiger partial charge on any atom is -0.399 e. The molecule has 2 heterocycles. The monoisotopic (exact) mass is 347 g/mol. The van der Waals surface area contributed by atoms with Crippen molar-refractivity contribution in [2.24, 2.45) is 0 Å². The molecule has 3 rings (SSSR count). The van der Waals surface area contributed by atoms with Crippen LogP contribution < -0.4 is 5.46 Å². The van der Waals surface area contributed by atoms with Crippen LogP contribution in [0.15, 0.2) is 30.6 Å². The van der Waals surface area contributed by atoms with Gasteiger partial charge in [-0.15, -0.1) is 0 Å². The summed E-state index contributed by atoms with van der Waals surface area (Å²) in [5.41, 5.74) is 1.88. The van der Waals surface area contributed by atoms with Crippen LogP contribution in [0.2, 0.25) is 5.02 Å². The molecule has 0 unspecified atom stereocenters. The molecule has 1 fully saturated rings. The van der Waals surface area contributed by atoms with Crippen LogP contribution in [0.5, 0.6) is 0 Å². The molecule has 0 spiro atoms. The molecule has 0 radical (unpaired) electrons. The second-order valence-corrected chi connectivity index (χ2v) is 7.55. The third kappa shape index (κ3) is 2.85. The van der Waals surface area contributed by atoms with Gasteiger partial charge in [0, 0.05) is 34.0 Å². The Morgan fingerprint density at radius 1 is 1.04 bits per heavy atom. The van der Waals surface area contributed by atoms with Gasteiger partial charge in [-0.2, -0.15) is 0 Å². The molecule has 0 N–H and O–H groups in total. The summed E-state index contributed by atoms with van der Waals surface area (Å²) in [5.74, 6) is -0.338. The fourth-order valence-electron chi connectivity index (χ4n) is 2.72. The highest BCUT2D eigenvalue weighted by Crippen LogP contribution is 2.37. The molecule has 1 aliphatic rings. The van der Waals surface area contributed by atoms with Gasteiger partial charge >= 0.3 is 7.12 Å². The van der Waals surface area contributed by atoms with Crippen molar-refractivity contribution < 1.29 is 13.7 Å². The normalized spacial score (nSPS) is 18.9. The molecular weight excluding hydrogens is 327 g/mol. The zero-order valence-corrected chi connectivity index (χ0v) is 15.2. The van der Waals surface area contributed by atoms with Gasteiger partial charge in [-0.1, -0.05) is 11.6 Å². The van der Waals surface area contributed by atoms with Crippen molar-refractivity contribution in [2.45, 2.75) is 45.8 Å². The first-order valence-electron chi connectivity index (χ1n) is 7.88. The van der Waals surface area contributed by atoms with E-state index in [-0.39, 0.29) is 5.82 Å². The van der Waals surface area contributed by atoms with Crippen LogP contribution in [0.1, 0.15) is 33.3 Å². The zero-order valence-electron chi connectivity index (χ0n) is 14.5. The molecule has 3 nitrogen and oxygen atoms in total. The Morgan fingerprint density at radius 2 is 1.67 bits per heavy atom. The Bertz CT molecular complexity index is 779. The molecule has 1 aromatic carbocycles. The van der Waals surface area contributed by atoms with Gasteiger partial charge in [0.15, 0.2) is 0 Å². The number of benzene rings is 1. The lowest BCUT2D eigenvalue weighted by Crippen LogP contribution is -2.41. The van der Waals surface area contributed by atoms with E-state index < -0.39 is 18.3 Å². The molecule has 0 aliphatic carbocycles. The van der Waals surface area contributed by atoms with E-state index in [9.17, 15) is 4.39 Å². The molecule has 0 atom stereocenters. The predicted octanol–water partition coefficient (Wildman–Crippen LogP) is 4.15. The third-order valence-corrected chi connectivity index (χ3v) is 5.22. The maximum absolute atomic E-state index is 14.2. The lowest BCUT2D eigenvalue weighted by atomic mass is 9.76. The predicted molar refractivity (Wildman–Crippen MR) is 95.1 cm³/mol. The summed E-state index contributed by atoms with van der Waals surface area (Å²) in [5, 5.41) is 0.479. The maximum atomic E-state index is 14.2. The van der Waals surface area contributed by atoms with Gasteiger partial charge in [-0.25, -0.2) is 4.39 Å². The Morgan fingerprint density at radius 3 is 2.29 bits per heavy atom. The number of nitrogens with zero attached hydrogens (tertiary/aromatic N) is 1. The van der Waals surface area contributed by atoms with E-state index in [0.717, 1.165) is 11.0 Å². The minimum atomic E-state index is -0.537. The van der Waals surface area contributed by atoms with Gasteiger partial charge in [-0.3, -0.25) is 4.98 Å². The van der Waals surface area contributed by atoms with Gasteiger partial charge in [0.05, 0.1) is 11.2 Å². The SMILES string of the molecule is Cc1c(B2OC(C)(C)C(C)(C)O2)cncc1-c1cc(Cl)ccc1F. The summed E-state index contributed by atoms with van der Waals surface area (Å²) in [4.78, 5) is 4.26. The molecular formula is C18H20BClFNO2. The number of rotatable bonds is 2. The second-order valence-electron chi connectivity index (χ2n) is 7.11. The van der Waals surface area contributed by atoms with E-state index in [1.54, 1.807) is 18.5 Å². The topological polar surface area (TPSA) is 31.4 Å². The molecule has 1 aromatic heterocycles. The van der Waals surface area contributed by atoms with E-state index in [1.165, 1.54) is 12.1 Å². The summed E-state index contributed by atoms with van der Waals surface area (Å²) in [6.07, 6.45) is 3.35. The molecule has 6 heteroatoms. The van der Waals surface area contributed by atoms with Crippen LogP contribution in [0.4, 0.5) is 4.39 Å². The number of halogens is 2. The van der Waals surface area contributed by atoms with Crippen LogP contribution in [0, 0.1) is 12.7 Å². The summed E-state index contributed by atoms with van der Waals surface area (Å²) in [6, 6.07) is 4.49. The summed E-state index contributed by atoms with van der Waals surface area (Å²) in [6.45, 7) is 9.90. The Hall–Kier alpha value is -1.43. The molecule has 0 amide bonds. The smallest absolute Gasteiger partial charge is 0.399 e. The van der Waals surface area contributed by atoms with Gasteiger partial charge in [-0.05, 0) is 58.4 Å². The number of pyridine rings is 1. The van der Waals surface area contributed by atoms with Crippen LogP contribution in [0.3, 0.4) is 0 Å². The Labute approximate surface area is 147 Å². The third-order valence-electron chi connectivity index (χ3n) is 4.98. The van der Waals surface area contributed by atoms with Crippen LogP contribution in [-0.2, 0) is 9.31 Å². The van der Waals surface area contributed by atoms with Crippen LogP contribution in [0.25, 0.3) is 11.1 Å². The van der Waals surface area contributed by atoms with E-state index in [2.05, 4.69) is 4.98 Å². The number of aromatic nitrogens is 1. The van der Waals surface area contributed by atoms with E-state index in [4.69, 9.17) is 20.9 Å². The highest BCUT2D eigenvalue weighted by atomic mass is 35.5.